The number of carbonyl (C=O) groups excluding carboxylic acids is 1. The highest BCUT2D eigenvalue weighted by Crippen LogP contribution is 2.26. The van der Waals surface area contributed by atoms with Crippen molar-refractivity contribution >= 4 is 38.3 Å². The third-order valence-corrected chi connectivity index (χ3v) is 8.81. The van der Waals surface area contributed by atoms with E-state index in [4.69, 9.17) is 4.74 Å². The number of aryl methyl sites for hydroxylation is 2. The molecule has 1 fully saturated rings. The molecule has 0 spiro atoms. The summed E-state index contributed by atoms with van der Waals surface area (Å²) in [5, 5.41) is 5.16. The van der Waals surface area contributed by atoms with E-state index in [1.165, 1.54) is 4.31 Å². The number of aromatic nitrogens is 2. The second-order valence-corrected chi connectivity index (χ2v) is 11.5. The number of sulfonamides is 1. The Morgan fingerprint density at radius 1 is 1.24 bits per heavy atom. The Balaban J connectivity index is 1.47. The molecule has 1 aliphatic rings. The van der Waals surface area contributed by atoms with Crippen LogP contribution >= 0.6 is 11.3 Å². The number of fused-ring (bicyclic) bond motifs is 1. The van der Waals surface area contributed by atoms with Crippen LogP contribution in [0.1, 0.15) is 37.0 Å². The zero-order valence-electron chi connectivity index (χ0n) is 19.2. The minimum atomic E-state index is -3.59. The average molecular weight is 491 g/mol. The van der Waals surface area contributed by atoms with Crippen LogP contribution in [0.15, 0.2) is 40.6 Å². The summed E-state index contributed by atoms with van der Waals surface area (Å²) in [7, 11) is -1.69. The van der Waals surface area contributed by atoms with E-state index in [0.29, 0.717) is 44.7 Å². The predicted molar refractivity (Wildman–Crippen MR) is 129 cm³/mol. The fourth-order valence-corrected chi connectivity index (χ4v) is 6.43. The minimum Gasteiger partial charge on any atom is -0.379 e. The molecule has 1 atom stereocenters. The third-order valence-electron chi connectivity index (χ3n) is 5.96. The molecular formula is C23H30N4O4S2. The highest BCUT2D eigenvalue weighted by atomic mass is 32.2. The number of amides is 1. The molecule has 1 aromatic carbocycles. The number of morpholine rings is 1. The first-order valence-corrected chi connectivity index (χ1v) is 13.5. The molecule has 0 aliphatic carbocycles. The molecule has 2 aromatic heterocycles. The zero-order valence-corrected chi connectivity index (χ0v) is 20.8. The molecule has 10 heteroatoms. The maximum atomic E-state index is 13.0. The lowest BCUT2D eigenvalue weighted by Gasteiger charge is -2.26. The standard InChI is InChI=1S/C23H30N4O4S2/c1-16(2)23(20-5-4-14-32-20)25-22(28)9-8-21-24-18-15-17(6-7-19(18)26(21)3)33(29,30)27-10-12-31-13-11-27/h4-7,14-16,23H,8-13H2,1-3H3,(H,25,28)/t23-/m0/s1. The van der Waals surface area contributed by atoms with Crippen molar-refractivity contribution in [2.24, 2.45) is 13.0 Å². The van der Waals surface area contributed by atoms with Crippen LogP contribution < -0.4 is 5.32 Å². The molecule has 3 aromatic rings. The van der Waals surface area contributed by atoms with Crippen LogP contribution in [0.5, 0.6) is 0 Å². The number of rotatable bonds is 8. The Morgan fingerprint density at radius 3 is 2.67 bits per heavy atom. The number of thiophene rings is 1. The summed E-state index contributed by atoms with van der Waals surface area (Å²) in [6.45, 7) is 5.71. The largest absolute Gasteiger partial charge is 0.379 e. The molecule has 8 nitrogen and oxygen atoms in total. The third kappa shape index (κ3) is 5.13. The van der Waals surface area contributed by atoms with Gasteiger partial charge in [0.2, 0.25) is 15.9 Å². The topological polar surface area (TPSA) is 93.5 Å². The van der Waals surface area contributed by atoms with Gasteiger partial charge in [0.15, 0.2) is 0 Å². The van der Waals surface area contributed by atoms with Crippen molar-refractivity contribution in [2.75, 3.05) is 26.3 Å². The Morgan fingerprint density at radius 2 is 2.00 bits per heavy atom. The molecule has 178 valence electrons. The maximum Gasteiger partial charge on any atom is 0.243 e. The van der Waals surface area contributed by atoms with Crippen molar-refractivity contribution < 1.29 is 17.9 Å². The van der Waals surface area contributed by atoms with Gasteiger partial charge < -0.3 is 14.6 Å². The molecule has 0 radical (unpaired) electrons. The van der Waals surface area contributed by atoms with Gasteiger partial charge in [0.25, 0.3) is 0 Å². The quantitative estimate of drug-likeness (QED) is 0.524. The number of nitrogens with zero attached hydrogens (tertiary/aromatic N) is 3. The number of nitrogens with one attached hydrogen (secondary N) is 1. The first-order valence-electron chi connectivity index (χ1n) is 11.1. The van der Waals surface area contributed by atoms with Crippen molar-refractivity contribution in [3.63, 3.8) is 0 Å². The lowest BCUT2D eigenvalue weighted by Crippen LogP contribution is -2.40. The highest BCUT2D eigenvalue weighted by molar-refractivity contribution is 7.89. The number of imidazole rings is 1. The van der Waals surface area contributed by atoms with E-state index < -0.39 is 10.0 Å². The smallest absolute Gasteiger partial charge is 0.243 e. The molecule has 4 rings (SSSR count). The van der Waals surface area contributed by atoms with Crippen molar-refractivity contribution in [3.05, 3.63) is 46.4 Å². The van der Waals surface area contributed by atoms with Gasteiger partial charge in [0.1, 0.15) is 5.82 Å². The van der Waals surface area contributed by atoms with Gasteiger partial charge in [-0.1, -0.05) is 19.9 Å². The number of benzene rings is 1. The van der Waals surface area contributed by atoms with E-state index in [2.05, 4.69) is 24.1 Å². The Bertz CT molecular complexity index is 1210. The fraction of sp³-hybridized carbons (Fsp3) is 0.478. The van der Waals surface area contributed by atoms with E-state index in [1.54, 1.807) is 29.5 Å². The monoisotopic (exact) mass is 490 g/mol. The summed E-state index contributed by atoms with van der Waals surface area (Å²) >= 11 is 1.64. The van der Waals surface area contributed by atoms with Crippen LogP contribution in [0.2, 0.25) is 0 Å². The highest BCUT2D eigenvalue weighted by Gasteiger charge is 2.27. The van der Waals surface area contributed by atoms with E-state index >= 15 is 0 Å². The summed E-state index contributed by atoms with van der Waals surface area (Å²) in [6.07, 6.45) is 0.780. The first-order chi connectivity index (χ1) is 15.8. The van der Waals surface area contributed by atoms with E-state index in [9.17, 15) is 13.2 Å². The molecule has 1 saturated heterocycles. The lowest BCUT2D eigenvalue weighted by molar-refractivity contribution is -0.122. The van der Waals surface area contributed by atoms with Gasteiger partial charge in [-0.15, -0.1) is 11.3 Å². The summed E-state index contributed by atoms with van der Waals surface area (Å²) in [6, 6.07) is 9.06. The molecule has 0 bridgehead atoms. The van der Waals surface area contributed by atoms with Gasteiger partial charge in [-0.25, -0.2) is 13.4 Å². The fourth-order valence-electron chi connectivity index (χ4n) is 4.06. The summed E-state index contributed by atoms with van der Waals surface area (Å²) < 4.78 is 34.6. The lowest BCUT2D eigenvalue weighted by atomic mass is 10.0. The average Bonchev–Trinajstić information content (AvgIpc) is 3.44. The Labute approximate surface area is 198 Å². The Kier molecular flexibility index (Phi) is 7.18. The summed E-state index contributed by atoms with van der Waals surface area (Å²) in [4.78, 5) is 18.7. The Hall–Kier alpha value is -2.27. The second kappa shape index (κ2) is 9.92. The van der Waals surface area contributed by atoms with Crippen molar-refractivity contribution in [1.29, 1.82) is 0 Å². The van der Waals surface area contributed by atoms with Gasteiger partial charge in [-0.05, 0) is 35.6 Å². The van der Waals surface area contributed by atoms with Crippen LogP contribution in [0.25, 0.3) is 11.0 Å². The first kappa shape index (κ1) is 23.9. The van der Waals surface area contributed by atoms with Crippen LogP contribution in [0.4, 0.5) is 0 Å². The van der Waals surface area contributed by atoms with Gasteiger partial charge >= 0.3 is 0 Å². The van der Waals surface area contributed by atoms with Crippen molar-refractivity contribution in [3.8, 4) is 0 Å². The normalized spacial score (nSPS) is 16.4. The SMILES string of the molecule is CC(C)[C@H](NC(=O)CCc1nc2cc(S(=O)(=O)N3CCOCC3)ccc2n1C)c1cccs1. The van der Waals surface area contributed by atoms with Gasteiger partial charge in [-0.2, -0.15) is 4.31 Å². The molecule has 33 heavy (non-hydrogen) atoms. The molecule has 1 amide bonds. The van der Waals surface area contributed by atoms with Gasteiger partial charge in [0.05, 0.1) is 35.2 Å². The number of carbonyl (C=O) groups is 1. The van der Waals surface area contributed by atoms with E-state index in [0.717, 1.165) is 16.2 Å². The molecule has 3 heterocycles. The number of ether oxygens (including phenoxy) is 1. The number of hydrogen-bond acceptors (Lipinski definition) is 6. The molecule has 1 aliphatic heterocycles. The second-order valence-electron chi connectivity index (χ2n) is 8.56. The van der Waals surface area contributed by atoms with Gasteiger partial charge in [0, 0.05) is 37.9 Å². The van der Waals surface area contributed by atoms with Crippen LogP contribution in [0.3, 0.4) is 0 Å². The van der Waals surface area contributed by atoms with Crippen LogP contribution in [-0.2, 0) is 33.0 Å². The maximum absolute atomic E-state index is 13.0. The van der Waals surface area contributed by atoms with E-state index in [-0.39, 0.29) is 22.8 Å². The van der Waals surface area contributed by atoms with Crippen molar-refractivity contribution in [2.45, 2.75) is 37.6 Å². The molecule has 1 N–H and O–H groups in total. The van der Waals surface area contributed by atoms with E-state index in [1.807, 2.05) is 29.1 Å². The molecule has 0 saturated carbocycles. The van der Waals surface area contributed by atoms with Gasteiger partial charge in [-0.3, -0.25) is 4.79 Å². The molecule has 0 unspecified atom stereocenters. The van der Waals surface area contributed by atoms with Crippen molar-refractivity contribution in [1.82, 2.24) is 19.2 Å². The summed E-state index contributed by atoms with van der Waals surface area (Å²) in [5.41, 5.74) is 1.45. The molecular weight excluding hydrogens is 460 g/mol. The minimum absolute atomic E-state index is 0.00843. The number of hydrogen-bond donors (Lipinski definition) is 1. The summed E-state index contributed by atoms with van der Waals surface area (Å²) in [5.74, 6) is 1.01. The van der Waals surface area contributed by atoms with Crippen LogP contribution in [-0.4, -0.2) is 54.5 Å². The van der Waals surface area contributed by atoms with Crippen LogP contribution in [0, 0.1) is 5.92 Å². The predicted octanol–water partition coefficient (Wildman–Crippen LogP) is 3.10. The zero-order chi connectivity index (χ0) is 23.6.